The summed E-state index contributed by atoms with van der Waals surface area (Å²) in [6, 6.07) is 5.05. The van der Waals surface area contributed by atoms with Crippen molar-refractivity contribution < 1.29 is 27.8 Å². The number of hydrogen-bond acceptors (Lipinski definition) is 5. The smallest absolute Gasteiger partial charge is 0.254 e. The van der Waals surface area contributed by atoms with E-state index >= 15 is 4.39 Å². The molecule has 7 nitrogen and oxygen atoms in total. The van der Waals surface area contributed by atoms with Crippen molar-refractivity contribution in [3.8, 4) is 16.9 Å². The summed E-state index contributed by atoms with van der Waals surface area (Å²) in [7, 11) is 1.54. The molecule has 0 saturated carbocycles. The zero-order valence-corrected chi connectivity index (χ0v) is 19.3. The lowest BCUT2D eigenvalue weighted by Gasteiger charge is -2.20. The van der Waals surface area contributed by atoms with Crippen LogP contribution in [0.25, 0.3) is 22.0 Å². The average Bonchev–Trinajstić information content (AvgIpc) is 3.28. The fraction of sp³-hybridized carbons (Fsp3) is 0.240. The van der Waals surface area contributed by atoms with Crippen LogP contribution in [0.15, 0.2) is 42.7 Å². The van der Waals surface area contributed by atoms with Crippen LogP contribution >= 0.6 is 0 Å². The Labute approximate surface area is 199 Å². The number of benzene rings is 2. The van der Waals surface area contributed by atoms with E-state index in [0.717, 1.165) is 18.2 Å². The van der Waals surface area contributed by atoms with Gasteiger partial charge < -0.3 is 14.7 Å². The van der Waals surface area contributed by atoms with Crippen molar-refractivity contribution in [3.05, 3.63) is 77.0 Å². The molecule has 2 N–H and O–H groups in total. The summed E-state index contributed by atoms with van der Waals surface area (Å²) in [4.78, 5) is 18.8. The van der Waals surface area contributed by atoms with Crippen LogP contribution in [0, 0.1) is 17.5 Å². The maximum absolute atomic E-state index is 15.2. The molecule has 2 aromatic heterocycles. The monoisotopic (exact) mass is 484 g/mol. The van der Waals surface area contributed by atoms with Gasteiger partial charge in [-0.3, -0.25) is 14.9 Å². The summed E-state index contributed by atoms with van der Waals surface area (Å²) >= 11 is 0. The number of halogens is 3. The Hall–Kier alpha value is -3.92. The first-order valence-electron chi connectivity index (χ1n) is 10.9. The Morgan fingerprint density at radius 2 is 1.86 bits per heavy atom. The quantitative estimate of drug-likeness (QED) is 0.395. The summed E-state index contributed by atoms with van der Waals surface area (Å²) in [5.74, 6) is -3.08. The summed E-state index contributed by atoms with van der Waals surface area (Å²) < 4.78 is 48.2. The summed E-state index contributed by atoms with van der Waals surface area (Å²) in [6.07, 6.45) is 2.29. The third kappa shape index (κ3) is 4.83. The number of fused-ring (bicyclic) bond motifs is 1. The zero-order valence-electron chi connectivity index (χ0n) is 19.3. The molecule has 0 aliphatic carbocycles. The van der Waals surface area contributed by atoms with Gasteiger partial charge in [0.05, 0.1) is 35.7 Å². The van der Waals surface area contributed by atoms with Crippen molar-refractivity contribution >= 4 is 16.8 Å². The van der Waals surface area contributed by atoms with Gasteiger partial charge in [0.25, 0.3) is 5.91 Å². The van der Waals surface area contributed by atoms with Crippen molar-refractivity contribution in [2.75, 3.05) is 13.7 Å². The molecule has 0 aliphatic rings. The van der Waals surface area contributed by atoms with Crippen LogP contribution in [-0.4, -0.2) is 44.7 Å². The fourth-order valence-electron chi connectivity index (χ4n) is 3.96. The molecular formula is C25H23F3N4O3. The first-order valence-corrected chi connectivity index (χ1v) is 10.9. The van der Waals surface area contributed by atoms with Gasteiger partial charge in [-0.15, -0.1) is 0 Å². The minimum Gasteiger partial charge on any atom is -0.493 e. The molecule has 0 saturated heterocycles. The molecule has 0 fully saturated rings. The second-order valence-corrected chi connectivity index (χ2v) is 8.09. The van der Waals surface area contributed by atoms with E-state index < -0.39 is 29.5 Å². The van der Waals surface area contributed by atoms with Gasteiger partial charge in [0.15, 0.2) is 0 Å². The lowest BCUT2D eigenvalue weighted by Crippen LogP contribution is -2.26. The number of carbonyl (C=O) groups excluding carboxylic acids is 1. The number of H-pyrrole nitrogens is 1. The van der Waals surface area contributed by atoms with E-state index in [2.05, 4.69) is 15.2 Å². The first-order chi connectivity index (χ1) is 16.7. The van der Waals surface area contributed by atoms with Gasteiger partial charge >= 0.3 is 0 Å². The van der Waals surface area contributed by atoms with E-state index in [1.54, 1.807) is 33.3 Å². The number of nitrogens with zero attached hydrogens (tertiary/aromatic N) is 3. The number of ether oxygens (including phenoxy) is 1. The molecule has 4 aromatic rings. The molecule has 0 aliphatic heterocycles. The van der Waals surface area contributed by atoms with Crippen molar-refractivity contribution in [3.63, 3.8) is 0 Å². The van der Waals surface area contributed by atoms with E-state index in [4.69, 9.17) is 4.74 Å². The van der Waals surface area contributed by atoms with Crippen LogP contribution in [-0.2, 0) is 6.54 Å². The van der Waals surface area contributed by atoms with Crippen LogP contribution in [0.3, 0.4) is 0 Å². The number of carbonyl (C=O) groups is 1. The van der Waals surface area contributed by atoms with Gasteiger partial charge in [-0.2, -0.15) is 5.10 Å². The predicted octanol–water partition coefficient (Wildman–Crippen LogP) is 4.77. The van der Waals surface area contributed by atoms with Crippen molar-refractivity contribution in [1.29, 1.82) is 0 Å². The van der Waals surface area contributed by atoms with Crippen molar-refractivity contribution in [1.82, 2.24) is 20.1 Å². The minimum absolute atomic E-state index is 0.00323. The number of nitrogens with one attached hydrogen (secondary N) is 1. The number of rotatable bonds is 7. The Kier molecular flexibility index (Phi) is 6.74. The van der Waals surface area contributed by atoms with Gasteiger partial charge in [0.2, 0.25) is 0 Å². The first kappa shape index (κ1) is 24.2. The standard InChI is InChI=1S/C25H23F3N4O3/c1-4-35-21-8-15(7-20(28)22(21)14-5-17(26)9-18(27)6-14)25(34)32(3)12-16-10-29-23(13(2)33)19-11-30-31-24(16)19/h5-11,13,33H,4,12H2,1-3H3,(H,30,31). The Morgan fingerprint density at radius 1 is 1.14 bits per heavy atom. The lowest BCUT2D eigenvalue weighted by atomic mass is 10.0. The largest absolute Gasteiger partial charge is 0.493 e. The molecule has 2 heterocycles. The van der Waals surface area contributed by atoms with E-state index in [-0.39, 0.29) is 35.6 Å². The van der Waals surface area contributed by atoms with Crippen LogP contribution in [0.1, 0.15) is 41.6 Å². The summed E-state index contributed by atoms with van der Waals surface area (Å²) in [5, 5.41) is 17.4. The Balaban J connectivity index is 1.67. The molecule has 182 valence electrons. The minimum atomic E-state index is -0.859. The van der Waals surface area contributed by atoms with Crippen LogP contribution in [0.4, 0.5) is 13.2 Å². The highest BCUT2D eigenvalue weighted by Gasteiger charge is 2.22. The molecular weight excluding hydrogens is 461 g/mol. The molecule has 0 spiro atoms. The number of amides is 1. The molecule has 10 heteroatoms. The highest BCUT2D eigenvalue weighted by Crippen LogP contribution is 2.35. The number of aliphatic hydroxyl groups excluding tert-OH is 1. The highest BCUT2D eigenvalue weighted by molar-refractivity contribution is 5.96. The number of aliphatic hydroxyl groups is 1. The molecule has 0 bridgehead atoms. The third-order valence-electron chi connectivity index (χ3n) is 5.50. The van der Waals surface area contributed by atoms with Crippen molar-refractivity contribution in [2.45, 2.75) is 26.5 Å². The number of aromatic amines is 1. The second kappa shape index (κ2) is 9.75. The van der Waals surface area contributed by atoms with E-state index in [0.29, 0.717) is 28.2 Å². The maximum atomic E-state index is 15.2. The zero-order chi connectivity index (χ0) is 25.3. The van der Waals surface area contributed by atoms with Gasteiger partial charge in [-0.05, 0) is 43.7 Å². The van der Waals surface area contributed by atoms with Crippen LogP contribution in [0.5, 0.6) is 5.75 Å². The van der Waals surface area contributed by atoms with Gasteiger partial charge in [-0.1, -0.05) is 0 Å². The Bertz CT molecular complexity index is 1380. The molecule has 1 atom stereocenters. The van der Waals surface area contributed by atoms with E-state index in [1.807, 2.05) is 0 Å². The molecule has 1 amide bonds. The number of hydrogen-bond donors (Lipinski definition) is 2. The van der Waals surface area contributed by atoms with Gasteiger partial charge in [-0.25, -0.2) is 13.2 Å². The SMILES string of the molecule is CCOc1cc(C(=O)N(C)Cc2cnc(C(C)O)c3cn[nH]c23)cc(F)c1-c1cc(F)cc(F)c1. The lowest BCUT2D eigenvalue weighted by molar-refractivity contribution is 0.0784. The summed E-state index contributed by atoms with van der Waals surface area (Å²) in [6.45, 7) is 3.54. The summed E-state index contributed by atoms with van der Waals surface area (Å²) in [5.41, 5.74) is 1.56. The topological polar surface area (TPSA) is 91.3 Å². The van der Waals surface area contributed by atoms with Gasteiger partial charge in [0.1, 0.15) is 23.2 Å². The Morgan fingerprint density at radius 3 is 2.51 bits per heavy atom. The van der Waals surface area contributed by atoms with E-state index in [9.17, 15) is 18.7 Å². The number of aromatic nitrogens is 3. The van der Waals surface area contributed by atoms with Crippen molar-refractivity contribution in [2.24, 2.45) is 0 Å². The normalized spacial score (nSPS) is 12.1. The second-order valence-electron chi connectivity index (χ2n) is 8.09. The van der Waals surface area contributed by atoms with Gasteiger partial charge in [0, 0.05) is 42.4 Å². The predicted molar refractivity (Wildman–Crippen MR) is 123 cm³/mol. The van der Waals surface area contributed by atoms with Crippen LogP contribution < -0.4 is 4.74 Å². The molecule has 0 radical (unpaired) electrons. The fourth-order valence-corrected chi connectivity index (χ4v) is 3.96. The molecule has 1 unspecified atom stereocenters. The van der Waals surface area contributed by atoms with E-state index in [1.165, 1.54) is 11.0 Å². The third-order valence-corrected chi connectivity index (χ3v) is 5.50. The maximum Gasteiger partial charge on any atom is 0.254 e. The highest BCUT2D eigenvalue weighted by atomic mass is 19.1. The number of pyridine rings is 1. The average molecular weight is 484 g/mol. The molecule has 2 aromatic carbocycles. The van der Waals surface area contributed by atoms with Crippen LogP contribution in [0.2, 0.25) is 0 Å². The molecule has 4 rings (SSSR count). The molecule has 35 heavy (non-hydrogen) atoms.